The highest BCUT2D eigenvalue weighted by molar-refractivity contribution is 6.05. The van der Waals surface area contributed by atoms with E-state index in [0.29, 0.717) is 11.3 Å². The van der Waals surface area contributed by atoms with Crippen molar-refractivity contribution in [3.8, 4) is 11.4 Å². The third-order valence-electron chi connectivity index (χ3n) is 6.21. The Kier molecular flexibility index (Phi) is 7.34. The largest absolute Gasteiger partial charge is 0.491 e. The summed E-state index contributed by atoms with van der Waals surface area (Å²) in [6.45, 7) is 12.3. The molecule has 0 aliphatic carbocycles. The third-order valence-corrected chi connectivity index (χ3v) is 6.21. The molecule has 4 rings (SSSR count). The van der Waals surface area contributed by atoms with Crippen molar-refractivity contribution in [2.45, 2.75) is 47.1 Å². The van der Waals surface area contributed by atoms with E-state index in [1.807, 2.05) is 50.2 Å². The average molecular weight is 472 g/mol. The maximum absolute atomic E-state index is 12.9. The molecule has 0 unspecified atom stereocenters. The molecule has 7 heteroatoms. The fourth-order valence-corrected chi connectivity index (χ4v) is 3.90. The highest BCUT2D eigenvalue weighted by atomic mass is 16.5. The van der Waals surface area contributed by atoms with Gasteiger partial charge in [-0.1, -0.05) is 6.92 Å². The lowest BCUT2D eigenvalue weighted by Crippen LogP contribution is -2.21. The fraction of sp³-hybridized carbons (Fsp3) is 0.321. The van der Waals surface area contributed by atoms with Crippen molar-refractivity contribution >= 4 is 28.3 Å². The van der Waals surface area contributed by atoms with E-state index in [1.165, 1.54) is 5.69 Å². The SMILES string of the molecule is CC[C@H](C)Oc1ccc(C(=O)Nc2cc3nn(-c4ccc(N(CC)CC)cc4)nc3cc2C)cc1. The molecule has 182 valence electrons. The monoisotopic (exact) mass is 471 g/mol. The summed E-state index contributed by atoms with van der Waals surface area (Å²) in [6.07, 6.45) is 1.06. The van der Waals surface area contributed by atoms with E-state index in [1.54, 1.807) is 16.9 Å². The number of aromatic nitrogens is 3. The molecule has 1 amide bonds. The van der Waals surface area contributed by atoms with Gasteiger partial charge < -0.3 is 15.0 Å². The van der Waals surface area contributed by atoms with E-state index in [0.717, 1.165) is 47.5 Å². The van der Waals surface area contributed by atoms with E-state index in [9.17, 15) is 4.79 Å². The minimum Gasteiger partial charge on any atom is -0.491 e. The van der Waals surface area contributed by atoms with Crippen molar-refractivity contribution < 1.29 is 9.53 Å². The van der Waals surface area contributed by atoms with Crippen LogP contribution < -0.4 is 15.0 Å². The highest BCUT2D eigenvalue weighted by Crippen LogP contribution is 2.24. The van der Waals surface area contributed by atoms with Crippen molar-refractivity contribution in [2.24, 2.45) is 0 Å². The molecule has 0 bridgehead atoms. The lowest BCUT2D eigenvalue weighted by atomic mass is 10.1. The molecule has 1 atom stereocenters. The summed E-state index contributed by atoms with van der Waals surface area (Å²) >= 11 is 0. The number of ether oxygens (including phenoxy) is 1. The number of aryl methyl sites for hydroxylation is 1. The standard InChI is InChI=1S/C28H33N5O2/c1-6-20(5)35-24-15-9-21(10-16-24)28(34)29-25-18-27-26(17-19(25)4)30-33(31-27)23-13-11-22(12-14-23)32(7-2)8-3/h9-18,20H,6-8H2,1-5H3,(H,29,34)/t20-/m0/s1. The number of amides is 1. The molecule has 0 aliphatic rings. The van der Waals surface area contributed by atoms with Gasteiger partial charge in [0.05, 0.1) is 11.8 Å². The van der Waals surface area contributed by atoms with Crippen LogP contribution in [0.3, 0.4) is 0 Å². The van der Waals surface area contributed by atoms with Crippen LogP contribution in [0.15, 0.2) is 60.7 Å². The molecule has 0 radical (unpaired) electrons. The molecule has 0 spiro atoms. The first kappa shape index (κ1) is 24.3. The number of hydrogen-bond acceptors (Lipinski definition) is 5. The van der Waals surface area contributed by atoms with E-state index < -0.39 is 0 Å². The summed E-state index contributed by atoms with van der Waals surface area (Å²) in [7, 11) is 0. The molecule has 35 heavy (non-hydrogen) atoms. The molecule has 0 fully saturated rings. The highest BCUT2D eigenvalue weighted by Gasteiger charge is 2.13. The van der Waals surface area contributed by atoms with Crippen molar-refractivity contribution in [2.75, 3.05) is 23.3 Å². The van der Waals surface area contributed by atoms with E-state index in [2.05, 4.69) is 53.3 Å². The number of fused-ring (bicyclic) bond motifs is 1. The van der Waals surface area contributed by atoms with Gasteiger partial charge in [-0.3, -0.25) is 4.79 Å². The Balaban J connectivity index is 1.52. The lowest BCUT2D eigenvalue weighted by Gasteiger charge is -2.20. The molecule has 1 N–H and O–H groups in total. The van der Waals surface area contributed by atoms with Gasteiger partial charge in [-0.05, 0) is 100 Å². The van der Waals surface area contributed by atoms with Gasteiger partial charge in [0.15, 0.2) is 0 Å². The number of rotatable bonds is 9. The van der Waals surface area contributed by atoms with Gasteiger partial charge in [-0.25, -0.2) is 0 Å². The Hall–Kier alpha value is -3.87. The molecule has 0 aliphatic heterocycles. The van der Waals surface area contributed by atoms with E-state index >= 15 is 0 Å². The third kappa shape index (κ3) is 5.45. The molecule has 4 aromatic rings. The van der Waals surface area contributed by atoms with Crippen LogP contribution in [0.4, 0.5) is 11.4 Å². The van der Waals surface area contributed by atoms with Gasteiger partial charge in [0.1, 0.15) is 16.8 Å². The maximum atomic E-state index is 12.9. The Morgan fingerprint density at radius 2 is 1.60 bits per heavy atom. The van der Waals surface area contributed by atoms with Gasteiger partial charge in [0, 0.05) is 30.0 Å². The zero-order chi connectivity index (χ0) is 24.9. The summed E-state index contributed by atoms with van der Waals surface area (Å²) in [5.41, 5.74) is 5.77. The number of benzene rings is 3. The number of hydrogen-bond donors (Lipinski definition) is 1. The van der Waals surface area contributed by atoms with Crippen molar-refractivity contribution in [3.63, 3.8) is 0 Å². The Bertz CT molecular complexity index is 1290. The van der Waals surface area contributed by atoms with Crippen molar-refractivity contribution in [3.05, 3.63) is 71.8 Å². The first-order valence-corrected chi connectivity index (χ1v) is 12.2. The van der Waals surface area contributed by atoms with Gasteiger partial charge in [0.25, 0.3) is 5.91 Å². The summed E-state index contributed by atoms with van der Waals surface area (Å²) in [5, 5.41) is 12.3. The Labute approximate surface area is 206 Å². The van der Waals surface area contributed by atoms with Crippen LogP contribution in [0.5, 0.6) is 5.75 Å². The first-order valence-electron chi connectivity index (χ1n) is 12.2. The first-order chi connectivity index (χ1) is 16.9. The fourth-order valence-electron chi connectivity index (χ4n) is 3.90. The van der Waals surface area contributed by atoms with Crippen molar-refractivity contribution in [1.82, 2.24) is 15.0 Å². The molecule has 7 nitrogen and oxygen atoms in total. The molecule has 1 aromatic heterocycles. The minimum absolute atomic E-state index is 0.137. The molecular formula is C28H33N5O2. The second kappa shape index (κ2) is 10.6. The van der Waals surface area contributed by atoms with E-state index in [4.69, 9.17) is 4.74 Å². The number of carbonyl (C=O) groups is 1. The molecule has 0 saturated carbocycles. The quantitative estimate of drug-likeness (QED) is 0.324. The molecular weight excluding hydrogens is 438 g/mol. The molecule has 0 saturated heterocycles. The van der Waals surface area contributed by atoms with Crippen LogP contribution in [-0.2, 0) is 0 Å². The van der Waals surface area contributed by atoms with Crippen LogP contribution in [0, 0.1) is 6.92 Å². The number of anilines is 2. The molecule has 1 heterocycles. The summed E-state index contributed by atoms with van der Waals surface area (Å²) < 4.78 is 5.80. The van der Waals surface area contributed by atoms with Crippen LogP contribution in [0.2, 0.25) is 0 Å². The Morgan fingerprint density at radius 3 is 2.20 bits per heavy atom. The number of nitrogens with one attached hydrogen (secondary N) is 1. The van der Waals surface area contributed by atoms with Gasteiger partial charge in [-0.2, -0.15) is 4.80 Å². The molecule has 3 aromatic carbocycles. The minimum atomic E-state index is -0.179. The van der Waals surface area contributed by atoms with Crippen LogP contribution in [-0.4, -0.2) is 40.1 Å². The maximum Gasteiger partial charge on any atom is 0.255 e. The second-order valence-corrected chi connectivity index (χ2v) is 8.65. The average Bonchev–Trinajstić information content (AvgIpc) is 3.28. The predicted octanol–water partition coefficient (Wildman–Crippen LogP) is 6.00. The summed E-state index contributed by atoms with van der Waals surface area (Å²) in [6, 6.07) is 19.3. The Morgan fingerprint density at radius 1 is 0.971 bits per heavy atom. The van der Waals surface area contributed by atoms with Crippen LogP contribution >= 0.6 is 0 Å². The number of nitrogens with zero attached hydrogens (tertiary/aromatic N) is 4. The van der Waals surface area contributed by atoms with Gasteiger partial charge >= 0.3 is 0 Å². The second-order valence-electron chi connectivity index (χ2n) is 8.65. The zero-order valence-electron chi connectivity index (χ0n) is 21.1. The normalized spacial score (nSPS) is 11.9. The summed E-state index contributed by atoms with van der Waals surface area (Å²) in [4.78, 5) is 16.8. The smallest absolute Gasteiger partial charge is 0.255 e. The van der Waals surface area contributed by atoms with Gasteiger partial charge in [-0.15, -0.1) is 10.2 Å². The van der Waals surface area contributed by atoms with Gasteiger partial charge in [0.2, 0.25) is 0 Å². The predicted molar refractivity (Wildman–Crippen MR) is 142 cm³/mol. The lowest BCUT2D eigenvalue weighted by molar-refractivity contribution is 0.102. The number of carbonyl (C=O) groups excluding carboxylic acids is 1. The van der Waals surface area contributed by atoms with Crippen LogP contribution in [0.1, 0.15) is 50.0 Å². The van der Waals surface area contributed by atoms with E-state index in [-0.39, 0.29) is 12.0 Å². The van der Waals surface area contributed by atoms with Crippen molar-refractivity contribution in [1.29, 1.82) is 0 Å². The zero-order valence-corrected chi connectivity index (χ0v) is 21.1. The van der Waals surface area contributed by atoms with Crippen LogP contribution in [0.25, 0.3) is 16.7 Å². The topological polar surface area (TPSA) is 72.3 Å². The summed E-state index contributed by atoms with van der Waals surface area (Å²) in [5.74, 6) is 0.581.